The van der Waals surface area contributed by atoms with Crippen molar-refractivity contribution in [1.82, 2.24) is 20.1 Å². The van der Waals surface area contributed by atoms with Crippen molar-refractivity contribution in [1.29, 1.82) is 0 Å². The molecule has 3 fully saturated rings. The highest BCUT2D eigenvalue weighted by Crippen LogP contribution is 2.56. The summed E-state index contributed by atoms with van der Waals surface area (Å²) < 4.78 is 72.4. The molecule has 0 unspecified atom stereocenters. The van der Waals surface area contributed by atoms with Crippen LogP contribution in [0.1, 0.15) is 66.2 Å². The molecule has 0 saturated heterocycles. The number of hydrogen-bond acceptors (Lipinski definition) is 7. The van der Waals surface area contributed by atoms with E-state index in [1.165, 1.54) is 24.3 Å². The number of aromatic nitrogens is 3. The molecule has 4 aromatic rings. The molecule has 4 aliphatic rings. The van der Waals surface area contributed by atoms with E-state index in [1.54, 1.807) is 6.20 Å². The summed E-state index contributed by atoms with van der Waals surface area (Å²) in [5, 5.41) is 19.0. The van der Waals surface area contributed by atoms with Crippen LogP contribution in [-0.4, -0.2) is 57.1 Å². The second kappa shape index (κ2) is 10.6. The Morgan fingerprint density at radius 1 is 1.08 bits per heavy atom. The minimum Gasteiger partial charge on any atom is -0.489 e. The Morgan fingerprint density at radius 2 is 1.81 bits per heavy atom. The summed E-state index contributed by atoms with van der Waals surface area (Å²) in [6.45, 7) is -1.52. The number of nitrogens with zero attached hydrogens (tertiary/aromatic N) is 3. The van der Waals surface area contributed by atoms with E-state index < -0.39 is 47.1 Å². The van der Waals surface area contributed by atoms with Crippen molar-refractivity contribution in [3.8, 4) is 22.8 Å². The van der Waals surface area contributed by atoms with Crippen LogP contribution in [0.3, 0.4) is 0 Å². The number of carbonyl (C=O) groups excluding carboxylic acids is 2. The third-order valence-corrected chi connectivity index (χ3v) is 9.72. The highest BCUT2D eigenvalue weighted by Gasteiger charge is 2.60. The van der Waals surface area contributed by atoms with Crippen LogP contribution in [-0.2, 0) is 15.8 Å². The zero-order chi connectivity index (χ0) is 33.6. The largest absolute Gasteiger partial charge is 0.489 e. The van der Waals surface area contributed by atoms with Gasteiger partial charge in [0.2, 0.25) is 11.5 Å². The first kappa shape index (κ1) is 30.6. The fourth-order valence-electron chi connectivity index (χ4n) is 6.49. The Morgan fingerprint density at radius 3 is 2.44 bits per heavy atom. The van der Waals surface area contributed by atoms with Crippen molar-refractivity contribution in [3.05, 3.63) is 71.3 Å². The third kappa shape index (κ3) is 5.04. The van der Waals surface area contributed by atoms with Crippen LogP contribution in [0.2, 0.25) is 0 Å². The molecule has 2 amide bonds. The van der Waals surface area contributed by atoms with Gasteiger partial charge in [0, 0.05) is 28.3 Å². The normalized spacial score (nSPS) is 21.8. The highest BCUT2D eigenvalue weighted by molar-refractivity contribution is 6.00. The molecule has 48 heavy (non-hydrogen) atoms. The van der Waals surface area contributed by atoms with Crippen LogP contribution < -0.4 is 20.5 Å². The Balaban J connectivity index is 1.18. The summed E-state index contributed by atoms with van der Waals surface area (Å²) in [7, 11) is 0. The van der Waals surface area contributed by atoms with E-state index >= 15 is 0 Å². The minimum absolute atomic E-state index is 0.0266. The first-order chi connectivity index (χ1) is 22.9. The second-order valence-corrected chi connectivity index (χ2v) is 13.2. The number of pyridine rings is 1. The van der Waals surface area contributed by atoms with Gasteiger partial charge in [-0.2, -0.15) is 18.3 Å². The molecule has 2 aromatic carbocycles. The summed E-state index contributed by atoms with van der Waals surface area (Å²) in [4.78, 5) is 30.6. The van der Waals surface area contributed by atoms with Crippen LogP contribution >= 0.6 is 0 Å². The smallest absolute Gasteiger partial charge is 0.424 e. The van der Waals surface area contributed by atoms with Crippen LogP contribution in [0.4, 0.5) is 17.6 Å². The lowest BCUT2D eigenvalue weighted by Crippen LogP contribution is -2.52. The SMILES string of the molecule is NC(=O)[C@@]1(C2CC2)COc2c1cc([C@@](O)(CNC(=O)c1cc(OC3CC3)c3nn(C4CC4)cc3c1)C(F)(F)F)nc2-c1ccc(F)cc1. The summed E-state index contributed by atoms with van der Waals surface area (Å²) >= 11 is 0. The number of primary amides is 1. The molecule has 0 bridgehead atoms. The molecule has 3 heterocycles. The van der Waals surface area contributed by atoms with Gasteiger partial charge >= 0.3 is 6.18 Å². The predicted octanol–water partition coefficient (Wildman–Crippen LogP) is 4.82. The maximum Gasteiger partial charge on any atom is 0.424 e. The molecule has 0 radical (unpaired) electrons. The molecule has 3 saturated carbocycles. The van der Waals surface area contributed by atoms with Gasteiger partial charge < -0.3 is 25.6 Å². The Kier molecular flexibility index (Phi) is 6.79. The monoisotopic (exact) mass is 665 g/mol. The average Bonchev–Trinajstić information content (AvgIpc) is 3.95. The fourth-order valence-corrected chi connectivity index (χ4v) is 6.49. The van der Waals surface area contributed by atoms with E-state index in [0.29, 0.717) is 29.5 Å². The van der Waals surface area contributed by atoms with Crippen molar-refractivity contribution in [2.75, 3.05) is 13.2 Å². The molecule has 250 valence electrons. The number of hydrogen-bond donors (Lipinski definition) is 3. The first-order valence-electron chi connectivity index (χ1n) is 15.9. The predicted molar refractivity (Wildman–Crippen MR) is 163 cm³/mol. The number of fused-ring (bicyclic) bond motifs is 2. The molecule has 14 heteroatoms. The van der Waals surface area contributed by atoms with Gasteiger partial charge in [-0.15, -0.1) is 0 Å². The number of amides is 2. The van der Waals surface area contributed by atoms with Crippen LogP contribution in [0, 0.1) is 11.7 Å². The number of rotatable bonds is 10. The Hall–Kier alpha value is -4.72. The van der Waals surface area contributed by atoms with Crippen molar-refractivity contribution in [2.24, 2.45) is 11.7 Å². The van der Waals surface area contributed by atoms with Crippen LogP contribution in [0.25, 0.3) is 22.2 Å². The van der Waals surface area contributed by atoms with Gasteiger partial charge in [0.05, 0.1) is 24.4 Å². The number of nitrogens with one attached hydrogen (secondary N) is 1. The number of aliphatic hydroxyl groups is 1. The van der Waals surface area contributed by atoms with Gasteiger partial charge in [0.25, 0.3) is 5.91 Å². The zero-order valence-corrected chi connectivity index (χ0v) is 25.5. The zero-order valence-electron chi connectivity index (χ0n) is 25.5. The van der Waals surface area contributed by atoms with Crippen LogP contribution in [0.15, 0.2) is 48.7 Å². The first-order valence-corrected chi connectivity index (χ1v) is 15.9. The van der Waals surface area contributed by atoms with Gasteiger partial charge in [-0.1, -0.05) is 0 Å². The molecule has 4 N–H and O–H groups in total. The molecule has 8 rings (SSSR count). The Labute approximate surface area is 271 Å². The van der Waals surface area contributed by atoms with E-state index in [9.17, 15) is 32.3 Å². The summed E-state index contributed by atoms with van der Waals surface area (Å²) in [6, 6.07) is 9.05. The molecule has 10 nitrogen and oxygen atoms in total. The third-order valence-electron chi connectivity index (χ3n) is 9.72. The number of nitrogens with two attached hydrogens (primary N) is 1. The number of alkyl halides is 3. The fraction of sp³-hybridized carbons (Fsp3) is 0.412. The molecule has 2 aromatic heterocycles. The van der Waals surface area contributed by atoms with Crippen molar-refractivity contribution >= 4 is 22.7 Å². The highest BCUT2D eigenvalue weighted by atomic mass is 19.4. The molecular weight excluding hydrogens is 634 g/mol. The average molecular weight is 666 g/mol. The van der Waals surface area contributed by atoms with Crippen LogP contribution in [0.5, 0.6) is 11.5 Å². The number of halogens is 4. The summed E-state index contributed by atoms with van der Waals surface area (Å²) in [5.74, 6) is -2.13. The molecule has 1 aliphatic heterocycles. The van der Waals surface area contributed by atoms with Gasteiger partial charge in [-0.05, 0) is 86.9 Å². The standard InChI is InChI=1S/C34H31F4N5O5/c35-21-5-1-17(2-6-21)28-29-24(32(16-47-29,31(39)45)20-3-4-20)13-26(41-28)33(46,34(36,37)38)15-40-30(44)18-11-19-14-43(22-7-8-22)42-27(19)25(12-18)48-23-9-10-23/h1-2,5-6,11-14,20,22-23,46H,3-4,7-10,15-16H2,(H2,39,45)(H,40,44)/t32-,33+/m1/s1. The quantitative estimate of drug-likeness (QED) is 0.206. The van der Waals surface area contributed by atoms with Crippen molar-refractivity contribution < 1.29 is 41.7 Å². The Bertz CT molecular complexity index is 1970. The maximum absolute atomic E-state index is 15.0. The molecule has 0 spiro atoms. The number of carbonyl (C=O) groups is 2. The minimum atomic E-state index is -5.34. The molecule has 3 aliphatic carbocycles. The van der Waals surface area contributed by atoms with E-state index in [0.717, 1.165) is 43.9 Å². The molecule has 2 atom stereocenters. The van der Waals surface area contributed by atoms with E-state index in [2.05, 4.69) is 15.4 Å². The van der Waals surface area contributed by atoms with Gasteiger partial charge in [-0.25, -0.2) is 9.37 Å². The lowest BCUT2D eigenvalue weighted by molar-refractivity contribution is -0.265. The van der Waals surface area contributed by atoms with Gasteiger partial charge in [-0.3, -0.25) is 14.3 Å². The summed E-state index contributed by atoms with van der Waals surface area (Å²) in [6.07, 6.45) is 1.26. The van der Waals surface area contributed by atoms with Crippen molar-refractivity contribution in [3.63, 3.8) is 0 Å². The lowest BCUT2D eigenvalue weighted by atomic mass is 9.76. The summed E-state index contributed by atoms with van der Waals surface area (Å²) in [5.41, 5.74) is 0.559. The van der Waals surface area contributed by atoms with E-state index in [-0.39, 0.29) is 52.8 Å². The van der Waals surface area contributed by atoms with E-state index in [4.69, 9.17) is 15.2 Å². The lowest BCUT2D eigenvalue weighted by Gasteiger charge is -2.32. The maximum atomic E-state index is 15.0. The topological polar surface area (TPSA) is 142 Å². The van der Waals surface area contributed by atoms with Gasteiger partial charge in [0.15, 0.2) is 0 Å². The molecular formula is C34H31F4N5O5. The van der Waals surface area contributed by atoms with Gasteiger partial charge in [0.1, 0.15) is 40.5 Å². The van der Waals surface area contributed by atoms with Crippen molar-refractivity contribution in [2.45, 2.75) is 67.9 Å². The number of benzene rings is 2. The second-order valence-electron chi connectivity index (χ2n) is 13.2. The van der Waals surface area contributed by atoms with E-state index in [1.807, 2.05) is 4.68 Å². The number of ether oxygens (including phenoxy) is 2.